The fourth-order valence-electron chi connectivity index (χ4n) is 4.45. The highest BCUT2D eigenvalue weighted by Gasteiger charge is 2.25. The highest BCUT2D eigenvalue weighted by atomic mass is 16.6. The summed E-state index contributed by atoms with van der Waals surface area (Å²) in [6.45, 7) is 11.4. The van der Waals surface area contributed by atoms with Crippen LogP contribution in [0.2, 0.25) is 0 Å². The zero-order valence-corrected chi connectivity index (χ0v) is 23.2. The van der Waals surface area contributed by atoms with Gasteiger partial charge in [0.15, 0.2) is 0 Å². The minimum atomic E-state index is -0.502. The molecule has 4 nitrogen and oxygen atoms in total. The Morgan fingerprint density at radius 3 is 1.56 bits per heavy atom. The predicted molar refractivity (Wildman–Crippen MR) is 147 cm³/mol. The van der Waals surface area contributed by atoms with Crippen LogP contribution in [-0.4, -0.2) is 23.1 Å². The van der Waals surface area contributed by atoms with Crippen molar-refractivity contribution in [3.8, 4) is 0 Å². The molecule has 0 N–H and O–H groups in total. The molecule has 2 rings (SSSR count). The van der Waals surface area contributed by atoms with Crippen molar-refractivity contribution in [3.05, 3.63) is 71.8 Å². The standard InChI is InChI=1S/C32H46O4/c1-31(2,3)35-29(33)24-16-14-22-27(30(34)36-32(4,5)6)21-13-15-23-28(25-17-9-7-10-18-25)26-19-11-8-12-20-26/h7-12,17-20,27-28H,13-16,21-24H2,1-6H3. The van der Waals surface area contributed by atoms with E-state index < -0.39 is 11.2 Å². The zero-order chi connectivity index (χ0) is 26.6. The molecule has 0 aliphatic heterocycles. The lowest BCUT2D eigenvalue weighted by atomic mass is 9.86. The average Bonchev–Trinajstić information content (AvgIpc) is 2.79. The Hall–Kier alpha value is -2.62. The first-order valence-electron chi connectivity index (χ1n) is 13.5. The molecule has 0 saturated carbocycles. The molecular weight excluding hydrogens is 448 g/mol. The highest BCUT2D eigenvalue weighted by molar-refractivity contribution is 5.73. The zero-order valence-electron chi connectivity index (χ0n) is 23.2. The van der Waals surface area contributed by atoms with Gasteiger partial charge in [0, 0.05) is 12.3 Å². The molecule has 0 radical (unpaired) electrons. The monoisotopic (exact) mass is 494 g/mol. The van der Waals surface area contributed by atoms with E-state index in [1.54, 1.807) is 0 Å². The smallest absolute Gasteiger partial charge is 0.309 e. The third-order valence-corrected chi connectivity index (χ3v) is 6.04. The Bertz CT molecular complexity index is 867. The maximum atomic E-state index is 12.9. The minimum absolute atomic E-state index is 0.123. The van der Waals surface area contributed by atoms with Crippen molar-refractivity contribution in [2.75, 3.05) is 0 Å². The molecule has 198 valence electrons. The van der Waals surface area contributed by atoms with Gasteiger partial charge in [-0.05, 0) is 78.4 Å². The molecule has 0 aliphatic carbocycles. The van der Waals surface area contributed by atoms with E-state index in [1.807, 2.05) is 41.5 Å². The van der Waals surface area contributed by atoms with Gasteiger partial charge in [0.1, 0.15) is 11.2 Å². The maximum absolute atomic E-state index is 12.9. The summed E-state index contributed by atoms with van der Waals surface area (Å²) in [7, 11) is 0. The third-order valence-electron chi connectivity index (χ3n) is 6.04. The van der Waals surface area contributed by atoms with E-state index in [1.165, 1.54) is 11.1 Å². The van der Waals surface area contributed by atoms with Crippen LogP contribution < -0.4 is 0 Å². The molecular formula is C32H46O4. The Kier molecular flexibility index (Phi) is 11.7. The van der Waals surface area contributed by atoms with Gasteiger partial charge < -0.3 is 9.47 Å². The molecule has 4 heteroatoms. The van der Waals surface area contributed by atoms with Crippen LogP contribution in [0.4, 0.5) is 0 Å². The lowest BCUT2D eigenvalue weighted by Gasteiger charge is -2.24. The Balaban J connectivity index is 1.92. The van der Waals surface area contributed by atoms with Crippen LogP contribution >= 0.6 is 0 Å². The van der Waals surface area contributed by atoms with E-state index in [4.69, 9.17) is 9.47 Å². The Labute approximate surface area is 218 Å². The second-order valence-electron chi connectivity index (χ2n) is 11.7. The quantitative estimate of drug-likeness (QED) is 0.208. The summed E-state index contributed by atoms with van der Waals surface area (Å²) in [4.78, 5) is 25.0. The van der Waals surface area contributed by atoms with E-state index >= 15 is 0 Å². The largest absolute Gasteiger partial charge is 0.460 e. The Morgan fingerprint density at radius 2 is 1.08 bits per heavy atom. The van der Waals surface area contributed by atoms with Crippen LogP contribution in [0.15, 0.2) is 60.7 Å². The van der Waals surface area contributed by atoms with Crippen molar-refractivity contribution in [1.82, 2.24) is 0 Å². The van der Waals surface area contributed by atoms with E-state index in [0.717, 1.165) is 44.9 Å². The van der Waals surface area contributed by atoms with Gasteiger partial charge in [0.2, 0.25) is 0 Å². The number of hydrogen-bond donors (Lipinski definition) is 0. The fraction of sp³-hybridized carbons (Fsp3) is 0.562. The topological polar surface area (TPSA) is 52.6 Å². The number of carbonyl (C=O) groups is 2. The molecule has 0 aliphatic rings. The molecule has 1 unspecified atom stereocenters. The first-order chi connectivity index (χ1) is 16.9. The first-order valence-corrected chi connectivity index (χ1v) is 13.5. The second kappa shape index (κ2) is 14.2. The van der Waals surface area contributed by atoms with Crippen LogP contribution in [0.1, 0.15) is 110 Å². The van der Waals surface area contributed by atoms with Crippen molar-refractivity contribution in [2.24, 2.45) is 5.92 Å². The molecule has 0 amide bonds. The minimum Gasteiger partial charge on any atom is -0.460 e. The van der Waals surface area contributed by atoms with Crippen molar-refractivity contribution < 1.29 is 19.1 Å². The van der Waals surface area contributed by atoms with Gasteiger partial charge in [-0.15, -0.1) is 0 Å². The lowest BCUT2D eigenvalue weighted by molar-refractivity contribution is -0.160. The lowest BCUT2D eigenvalue weighted by Crippen LogP contribution is -2.29. The number of ether oxygens (including phenoxy) is 2. The van der Waals surface area contributed by atoms with Gasteiger partial charge in [-0.3, -0.25) is 9.59 Å². The number of rotatable bonds is 13. The van der Waals surface area contributed by atoms with Gasteiger partial charge in [0.05, 0.1) is 5.92 Å². The summed E-state index contributed by atoms with van der Waals surface area (Å²) in [5.41, 5.74) is 1.69. The van der Waals surface area contributed by atoms with Crippen LogP contribution in [0.5, 0.6) is 0 Å². The molecule has 2 aromatic rings. The van der Waals surface area contributed by atoms with E-state index in [-0.39, 0.29) is 17.9 Å². The average molecular weight is 495 g/mol. The summed E-state index contributed by atoms with van der Waals surface area (Å²) in [6.07, 6.45) is 6.48. The molecule has 0 spiro atoms. The summed E-state index contributed by atoms with van der Waals surface area (Å²) < 4.78 is 11.1. The van der Waals surface area contributed by atoms with Crippen LogP contribution in [-0.2, 0) is 19.1 Å². The van der Waals surface area contributed by atoms with Gasteiger partial charge >= 0.3 is 11.9 Å². The van der Waals surface area contributed by atoms with E-state index in [2.05, 4.69) is 60.7 Å². The summed E-state index contributed by atoms with van der Waals surface area (Å²) >= 11 is 0. The van der Waals surface area contributed by atoms with Crippen molar-refractivity contribution in [3.63, 3.8) is 0 Å². The molecule has 0 bridgehead atoms. The van der Waals surface area contributed by atoms with Crippen LogP contribution in [0.3, 0.4) is 0 Å². The van der Waals surface area contributed by atoms with Gasteiger partial charge in [0.25, 0.3) is 0 Å². The van der Waals surface area contributed by atoms with Gasteiger partial charge in [-0.25, -0.2) is 0 Å². The number of carbonyl (C=O) groups excluding carboxylic acids is 2. The molecule has 0 heterocycles. The second-order valence-corrected chi connectivity index (χ2v) is 11.7. The molecule has 0 saturated heterocycles. The molecule has 1 atom stereocenters. The molecule has 36 heavy (non-hydrogen) atoms. The van der Waals surface area contributed by atoms with Crippen molar-refractivity contribution in [2.45, 2.75) is 110 Å². The number of esters is 2. The molecule has 2 aromatic carbocycles. The third kappa shape index (κ3) is 11.9. The number of unbranched alkanes of at least 4 members (excludes halogenated alkanes) is 2. The Morgan fingerprint density at radius 1 is 0.639 bits per heavy atom. The summed E-state index contributed by atoms with van der Waals surface area (Å²) in [6, 6.07) is 21.3. The molecule has 0 fully saturated rings. The number of benzene rings is 2. The van der Waals surface area contributed by atoms with Crippen LogP contribution in [0.25, 0.3) is 0 Å². The fourth-order valence-corrected chi connectivity index (χ4v) is 4.45. The van der Waals surface area contributed by atoms with Gasteiger partial charge in [-0.1, -0.05) is 79.9 Å². The normalized spacial score (nSPS) is 12.9. The first kappa shape index (κ1) is 29.6. The van der Waals surface area contributed by atoms with Gasteiger partial charge in [-0.2, -0.15) is 0 Å². The maximum Gasteiger partial charge on any atom is 0.309 e. The summed E-state index contributed by atoms with van der Waals surface area (Å²) in [5.74, 6) is -0.0948. The predicted octanol–water partition coefficient (Wildman–Crippen LogP) is 8.24. The van der Waals surface area contributed by atoms with E-state index in [9.17, 15) is 9.59 Å². The SMILES string of the molecule is CC(C)(C)OC(=O)CCCCC(CCCCC(c1ccccc1)c1ccccc1)C(=O)OC(C)(C)C. The van der Waals surface area contributed by atoms with Crippen molar-refractivity contribution >= 4 is 11.9 Å². The summed E-state index contributed by atoms with van der Waals surface area (Å²) in [5, 5.41) is 0. The highest BCUT2D eigenvalue weighted by Crippen LogP contribution is 2.31. The van der Waals surface area contributed by atoms with Crippen molar-refractivity contribution in [1.29, 1.82) is 0 Å². The van der Waals surface area contributed by atoms with Crippen LogP contribution in [0, 0.1) is 5.92 Å². The number of hydrogen-bond acceptors (Lipinski definition) is 4. The van der Waals surface area contributed by atoms with E-state index in [0.29, 0.717) is 12.3 Å². The molecule has 0 aromatic heterocycles.